The van der Waals surface area contributed by atoms with E-state index < -0.39 is 12.0 Å². The summed E-state index contributed by atoms with van der Waals surface area (Å²) in [6, 6.07) is 1.74. The molecule has 0 saturated carbocycles. The molecule has 1 aromatic heterocycles. The minimum Gasteiger partial charge on any atom is -0.444 e. The third kappa shape index (κ3) is 4.00. The second kappa shape index (κ2) is 7.22. The first-order valence-corrected chi connectivity index (χ1v) is 9.16. The van der Waals surface area contributed by atoms with Gasteiger partial charge in [-0.3, -0.25) is 0 Å². The van der Waals surface area contributed by atoms with Crippen molar-refractivity contribution in [3.8, 4) is 0 Å². The largest absolute Gasteiger partial charge is 0.444 e. The van der Waals surface area contributed by atoms with Crippen molar-refractivity contribution in [1.29, 1.82) is 0 Å². The Balaban J connectivity index is 1.85. The van der Waals surface area contributed by atoms with E-state index in [0.29, 0.717) is 30.9 Å². The summed E-state index contributed by atoms with van der Waals surface area (Å²) in [5, 5.41) is 0. The number of hydrogen-bond donors (Lipinski definition) is 0. The Labute approximate surface area is 158 Å². The van der Waals surface area contributed by atoms with Gasteiger partial charge in [0, 0.05) is 31.8 Å². The van der Waals surface area contributed by atoms with Gasteiger partial charge in [-0.25, -0.2) is 18.6 Å². The molecule has 3 heterocycles. The lowest BCUT2D eigenvalue weighted by Crippen LogP contribution is -2.58. The summed E-state index contributed by atoms with van der Waals surface area (Å²) in [4.78, 5) is 20.5. The van der Waals surface area contributed by atoms with E-state index in [4.69, 9.17) is 9.47 Å². The van der Waals surface area contributed by atoms with E-state index in [1.807, 2.05) is 27.7 Å². The Morgan fingerprint density at radius 2 is 2.07 bits per heavy atom. The van der Waals surface area contributed by atoms with Crippen LogP contribution in [0.5, 0.6) is 0 Å². The Bertz CT molecular complexity index is 721. The predicted molar refractivity (Wildman–Crippen MR) is 97.1 cm³/mol. The fourth-order valence-corrected chi connectivity index (χ4v) is 3.90. The first kappa shape index (κ1) is 19.8. The van der Waals surface area contributed by atoms with Crippen molar-refractivity contribution in [2.45, 2.75) is 64.8 Å². The molecule has 2 aliphatic rings. The highest BCUT2D eigenvalue weighted by Crippen LogP contribution is 2.38. The number of carbonyl (C=O) groups is 1. The lowest BCUT2D eigenvalue weighted by molar-refractivity contribution is 0.0191. The zero-order valence-corrected chi connectivity index (χ0v) is 16.5. The second-order valence-corrected chi connectivity index (χ2v) is 8.25. The number of aromatic nitrogens is 1. The number of nitrogens with zero attached hydrogens (tertiary/aromatic N) is 3. The van der Waals surface area contributed by atoms with Gasteiger partial charge in [-0.05, 0) is 45.7 Å². The van der Waals surface area contributed by atoms with E-state index >= 15 is 0 Å². The second-order valence-electron chi connectivity index (χ2n) is 8.25. The molecular formula is C19H27F2N3O3. The van der Waals surface area contributed by atoms with Crippen molar-refractivity contribution in [3.63, 3.8) is 0 Å². The molecule has 0 radical (unpaired) electrons. The molecule has 6 nitrogen and oxygen atoms in total. The first-order valence-electron chi connectivity index (χ1n) is 9.16. The molecule has 0 bridgehead atoms. The summed E-state index contributed by atoms with van der Waals surface area (Å²) in [6.07, 6.45) is -2.34. The minimum atomic E-state index is -2.65. The molecule has 0 spiro atoms. The number of pyridine rings is 1. The zero-order chi connectivity index (χ0) is 19.9. The predicted octanol–water partition coefficient (Wildman–Crippen LogP) is 3.54. The maximum atomic E-state index is 13.5. The van der Waals surface area contributed by atoms with Crippen molar-refractivity contribution in [3.05, 3.63) is 22.9 Å². The quantitative estimate of drug-likeness (QED) is 0.799. The van der Waals surface area contributed by atoms with Crippen LogP contribution in [0.2, 0.25) is 0 Å². The molecule has 0 N–H and O–H groups in total. The number of carbonyl (C=O) groups excluding carboxylic acids is 1. The number of anilines is 1. The van der Waals surface area contributed by atoms with Gasteiger partial charge in [0.25, 0.3) is 6.43 Å². The molecule has 3 rings (SSSR count). The van der Waals surface area contributed by atoms with Crippen LogP contribution < -0.4 is 4.90 Å². The highest BCUT2D eigenvalue weighted by molar-refractivity contribution is 5.69. The summed E-state index contributed by atoms with van der Waals surface area (Å²) >= 11 is 0. The molecule has 2 atom stereocenters. The zero-order valence-electron chi connectivity index (χ0n) is 16.5. The van der Waals surface area contributed by atoms with E-state index in [0.717, 1.165) is 5.56 Å². The Morgan fingerprint density at radius 3 is 2.67 bits per heavy atom. The van der Waals surface area contributed by atoms with E-state index in [-0.39, 0.29) is 30.5 Å². The summed E-state index contributed by atoms with van der Waals surface area (Å²) in [5.74, 6) is 0.603. The minimum absolute atomic E-state index is 0.00656. The van der Waals surface area contributed by atoms with Gasteiger partial charge in [0.2, 0.25) is 0 Å². The standard InChI is InChI=1S/C19H27F2N3O3/c1-11-8-23(18(25)27-19(2,3)4)9-14-7-12-6-13(10-26-5)15(16(20)21)22-17(12)24(11)14/h6,11,14,16H,7-10H2,1-5H3/t11-,14-/m1/s1. The fraction of sp³-hybridized carbons (Fsp3) is 0.684. The number of rotatable bonds is 3. The molecule has 1 aromatic rings. The van der Waals surface area contributed by atoms with Gasteiger partial charge < -0.3 is 19.3 Å². The van der Waals surface area contributed by atoms with Gasteiger partial charge in [-0.2, -0.15) is 0 Å². The summed E-state index contributed by atoms with van der Waals surface area (Å²) < 4.78 is 37.5. The van der Waals surface area contributed by atoms with Crippen LogP contribution in [0.25, 0.3) is 0 Å². The molecule has 1 saturated heterocycles. The van der Waals surface area contributed by atoms with Crippen molar-refractivity contribution < 1.29 is 23.0 Å². The smallest absolute Gasteiger partial charge is 0.410 e. The molecule has 0 aliphatic carbocycles. The number of alkyl halides is 2. The van der Waals surface area contributed by atoms with Crippen LogP contribution >= 0.6 is 0 Å². The molecule has 150 valence electrons. The SMILES string of the molecule is COCc1cc2c(nc1C(F)F)N1[C@H](C2)CN(C(=O)OC(C)(C)C)C[C@H]1C. The number of methoxy groups -OCH3 is 1. The fourth-order valence-electron chi connectivity index (χ4n) is 3.90. The molecule has 0 aromatic carbocycles. The van der Waals surface area contributed by atoms with Crippen molar-refractivity contribution >= 4 is 11.9 Å². The topological polar surface area (TPSA) is 54.9 Å². The Hall–Kier alpha value is -1.96. The van der Waals surface area contributed by atoms with E-state index in [9.17, 15) is 13.6 Å². The Kier molecular flexibility index (Phi) is 5.29. The van der Waals surface area contributed by atoms with E-state index in [1.54, 1.807) is 11.0 Å². The Morgan fingerprint density at radius 1 is 1.37 bits per heavy atom. The summed E-state index contributed by atoms with van der Waals surface area (Å²) in [7, 11) is 1.48. The maximum absolute atomic E-state index is 13.5. The van der Waals surface area contributed by atoms with Crippen LogP contribution in [-0.4, -0.2) is 53.9 Å². The van der Waals surface area contributed by atoms with Gasteiger partial charge >= 0.3 is 6.09 Å². The number of fused-ring (bicyclic) bond motifs is 3. The molecule has 2 aliphatic heterocycles. The van der Waals surface area contributed by atoms with Crippen LogP contribution in [-0.2, 0) is 22.5 Å². The third-order valence-electron chi connectivity index (χ3n) is 4.83. The van der Waals surface area contributed by atoms with Gasteiger partial charge in [0.1, 0.15) is 17.1 Å². The molecular weight excluding hydrogens is 356 g/mol. The molecule has 8 heteroatoms. The van der Waals surface area contributed by atoms with Crippen molar-refractivity contribution in [1.82, 2.24) is 9.88 Å². The normalized spacial score (nSPS) is 22.1. The maximum Gasteiger partial charge on any atom is 0.410 e. The van der Waals surface area contributed by atoms with Crippen LogP contribution in [0, 0.1) is 0 Å². The van der Waals surface area contributed by atoms with Gasteiger partial charge in [0.15, 0.2) is 0 Å². The van der Waals surface area contributed by atoms with Crippen LogP contribution in [0.4, 0.5) is 19.4 Å². The molecule has 0 unspecified atom stereocenters. The number of halogens is 2. The molecule has 1 amide bonds. The lowest BCUT2D eigenvalue weighted by Gasteiger charge is -2.43. The molecule has 1 fully saturated rings. The van der Waals surface area contributed by atoms with Crippen LogP contribution in [0.3, 0.4) is 0 Å². The summed E-state index contributed by atoms with van der Waals surface area (Å²) in [5.41, 5.74) is 0.564. The average Bonchev–Trinajstić information content (AvgIpc) is 2.90. The highest BCUT2D eigenvalue weighted by Gasteiger charge is 2.42. The molecule has 27 heavy (non-hydrogen) atoms. The van der Waals surface area contributed by atoms with Crippen molar-refractivity contribution in [2.24, 2.45) is 0 Å². The number of amides is 1. The van der Waals surface area contributed by atoms with E-state index in [1.165, 1.54) is 7.11 Å². The third-order valence-corrected chi connectivity index (χ3v) is 4.83. The van der Waals surface area contributed by atoms with Crippen molar-refractivity contribution in [2.75, 3.05) is 25.1 Å². The summed E-state index contributed by atoms with van der Waals surface area (Å²) in [6.45, 7) is 8.54. The van der Waals surface area contributed by atoms with Gasteiger partial charge in [-0.1, -0.05) is 0 Å². The van der Waals surface area contributed by atoms with Crippen LogP contribution in [0.1, 0.15) is 50.9 Å². The van der Waals surface area contributed by atoms with Gasteiger partial charge in [-0.15, -0.1) is 0 Å². The first-order chi connectivity index (χ1) is 12.6. The van der Waals surface area contributed by atoms with Gasteiger partial charge in [0.05, 0.1) is 12.6 Å². The highest BCUT2D eigenvalue weighted by atomic mass is 19.3. The number of hydrogen-bond acceptors (Lipinski definition) is 5. The number of piperazine rings is 1. The van der Waals surface area contributed by atoms with Crippen LogP contribution in [0.15, 0.2) is 6.07 Å². The lowest BCUT2D eigenvalue weighted by atomic mass is 10.1. The number of ether oxygens (including phenoxy) is 2. The monoisotopic (exact) mass is 383 g/mol. The average molecular weight is 383 g/mol. The van der Waals surface area contributed by atoms with E-state index in [2.05, 4.69) is 9.88 Å².